The van der Waals surface area contributed by atoms with Gasteiger partial charge in [-0.1, -0.05) is 31.2 Å². The lowest BCUT2D eigenvalue weighted by molar-refractivity contribution is 0.792. The lowest BCUT2D eigenvalue weighted by Crippen LogP contribution is -2.07. The number of nitrogens with one attached hydrogen (secondary N) is 1. The molecule has 0 aliphatic carbocycles. The fraction of sp³-hybridized carbons (Fsp3) is 0.556. The van der Waals surface area contributed by atoms with Crippen molar-refractivity contribution in [2.45, 2.75) is 19.8 Å². The normalized spacial score (nSPS) is 11.6. The van der Waals surface area contributed by atoms with E-state index in [2.05, 4.69) is 24.9 Å². The molecule has 0 rings (SSSR count). The average Bonchev–Trinajstić information content (AvgIpc) is 1.98. The molecule has 0 aliphatic rings. The van der Waals surface area contributed by atoms with Gasteiger partial charge >= 0.3 is 0 Å². The monoisotopic (exact) mass is 139 g/mol. The molecule has 0 heterocycles. The van der Waals surface area contributed by atoms with Crippen LogP contribution in [0.25, 0.3) is 0 Å². The molecule has 0 fully saturated rings. The van der Waals surface area contributed by atoms with Gasteiger partial charge in [0.2, 0.25) is 0 Å². The smallest absolute Gasteiger partial charge is 0.00115 e. The quantitative estimate of drug-likeness (QED) is 0.575. The maximum absolute atomic E-state index is 3.74. The Balaban J connectivity index is 3.60. The Hall–Kier alpha value is -0.560. The molecule has 0 unspecified atom stereocenters. The number of rotatable bonds is 5. The van der Waals surface area contributed by atoms with E-state index in [1.54, 1.807) is 0 Å². The Kier molecular flexibility index (Phi) is 6.19. The summed E-state index contributed by atoms with van der Waals surface area (Å²) in [5.41, 5.74) is 1.34. The van der Waals surface area contributed by atoms with E-state index < -0.39 is 0 Å². The van der Waals surface area contributed by atoms with Gasteiger partial charge in [0.05, 0.1) is 0 Å². The van der Waals surface area contributed by atoms with Crippen molar-refractivity contribution in [3.8, 4) is 0 Å². The first kappa shape index (κ1) is 9.44. The maximum atomic E-state index is 3.74. The topological polar surface area (TPSA) is 12.0 Å². The summed E-state index contributed by atoms with van der Waals surface area (Å²) < 4.78 is 0. The first-order valence-corrected chi connectivity index (χ1v) is 3.81. The van der Waals surface area contributed by atoms with Crippen LogP contribution in [0, 0.1) is 0 Å². The Labute approximate surface area is 63.8 Å². The third kappa shape index (κ3) is 4.33. The van der Waals surface area contributed by atoms with Crippen LogP contribution in [0.5, 0.6) is 0 Å². The van der Waals surface area contributed by atoms with E-state index in [1.807, 2.05) is 13.1 Å². The second kappa shape index (κ2) is 6.56. The molecular formula is C9H17N. The summed E-state index contributed by atoms with van der Waals surface area (Å²) >= 11 is 0. The largest absolute Gasteiger partial charge is 0.319 e. The average molecular weight is 139 g/mol. The van der Waals surface area contributed by atoms with Crippen LogP contribution in [0.1, 0.15) is 19.8 Å². The van der Waals surface area contributed by atoms with Crippen molar-refractivity contribution in [1.82, 2.24) is 5.32 Å². The van der Waals surface area contributed by atoms with Gasteiger partial charge in [0.15, 0.2) is 0 Å². The van der Waals surface area contributed by atoms with Crippen molar-refractivity contribution in [3.05, 3.63) is 24.3 Å². The van der Waals surface area contributed by atoms with Crippen LogP contribution >= 0.6 is 0 Å². The minimum Gasteiger partial charge on any atom is -0.319 e. The molecule has 1 N–H and O–H groups in total. The second-order valence-electron chi connectivity index (χ2n) is 2.24. The number of hydrogen-bond donors (Lipinski definition) is 1. The minimum absolute atomic E-state index is 1.04. The van der Waals surface area contributed by atoms with Gasteiger partial charge in [-0.3, -0.25) is 0 Å². The fourth-order valence-electron chi connectivity index (χ4n) is 0.819. The zero-order valence-corrected chi connectivity index (χ0v) is 6.98. The van der Waals surface area contributed by atoms with E-state index in [9.17, 15) is 0 Å². The molecule has 0 aliphatic heterocycles. The SMILES string of the molecule is C=C/C(=C\CC)CCNC. The number of allylic oxidation sites excluding steroid dienone is 2. The van der Waals surface area contributed by atoms with Gasteiger partial charge in [0.1, 0.15) is 0 Å². The van der Waals surface area contributed by atoms with Gasteiger partial charge in [-0.2, -0.15) is 0 Å². The Bertz CT molecular complexity index is 114. The predicted octanol–water partition coefficient (Wildman–Crippen LogP) is 2.12. The Morgan fingerprint density at radius 3 is 2.70 bits per heavy atom. The maximum Gasteiger partial charge on any atom is -0.00115 e. The van der Waals surface area contributed by atoms with Crippen LogP contribution < -0.4 is 5.32 Å². The van der Waals surface area contributed by atoms with E-state index in [1.165, 1.54) is 5.57 Å². The summed E-state index contributed by atoms with van der Waals surface area (Å²) in [5.74, 6) is 0. The minimum atomic E-state index is 1.04. The highest BCUT2D eigenvalue weighted by Crippen LogP contribution is 2.01. The van der Waals surface area contributed by atoms with E-state index in [0.717, 1.165) is 19.4 Å². The van der Waals surface area contributed by atoms with Gasteiger partial charge in [-0.25, -0.2) is 0 Å². The van der Waals surface area contributed by atoms with Crippen molar-refractivity contribution < 1.29 is 0 Å². The molecule has 0 saturated heterocycles. The third-order valence-corrected chi connectivity index (χ3v) is 1.39. The molecule has 0 spiro atoms. The highest BCUT2D eigenvalue weighted by atomic mass is 14.8. The van der Waals surface area contributed by atoms with Crippen molar-refractivity contribution in [1.29, 1.82) is 0 Å². The Morgan fingerprint density at radius 2 is 2.30 bits per heavy atom. The lowest BCUT2D eigenvalue weighted by atomic mass is 10.1. The van der Waals surface area contributed by atoms with Gasteiger partial charge in [0, 0.05) is 0 Å². The van der Waals surface area contributed by atoms with E-state index in [4.69, 9.17) is 0 Å². The molecule has 1 heteroatoms. The summed E-state index contributed by atoms with van der Waals surface area (Å²) in [4.78, 5) is 0. The van der Waals surface area contributed by atoms with E-state index >= 15 is 0 Å². The predicted molar refractivity (Wildman–Crippen MR) is 47.1 cm³/mol. The van der Waals surface area contributed by atoms with Crippen LogP contribution in [0.4, 0.5) is 0 Å². The molecule has 0 bridgehead atoms. The highest BCUT2D eigenvalue weighted by Gasteiger charge is 1.87. The van der Waals surface area contributed by atoms with Crippen LogP contribution in [0.15, 0.2) is 24.3 Å². The second-order valence-corrected chi connectivity index (χ2v) is 2.24. The molecule has 0 aromatic rings. The third-order valence-electron chi connectivity index (χ3n) is 1.39. The molecule has 0 saturated carbocycles. The fourth-order valence-corrected chi connectivity index (χ4v) is 0.819. The molecule has 0 radical (unpaired) electrons. The van der Waals surface area contributed by atoms with E-state index in [-0.39, 0.29) is 0 Å². The summed E-state index contributed by atoms with van der Waals surface area (Å²) in [6.45, 7) is 6.92. The molecule has 58 valence electrons. The molecule has 1 nitrogen and oxygen atoms in total. The zero-order valence-electron chi connectivity index (χ0n) is 6.98. The van der Waals surface area contributed by atoms with E-state index in [0.29, 0.717) is 0 Å². The van der Waals surface area contributed by atoms with Crippen LogP contribution in [-0.2, 0) is 0 Å². The zero-order chi connectivity index (χ0) is 7.82. The van der Waals surface area contributed by atoms with Crippen molar-refractivity contribution in [3.63, 3.8) is 0 Å². The summed E-state index contributed by atoms with van der Waals surface area (Å²) in [5, 5.41) is 3.10. The molecular weight excluding hydrogens is 122 g/mol. The number of hydrogen-bond acceptors (Lipinski definition) is 1. The summed E-state index contributed by atoms with van der Waals surface area (Å²) in [6.07, 6.45) is 6.34. The standard InChI is InChI=1S/C9H17N/c1-4-6-9(5-2)7-8-10-3/h5-6,10H,2,4,7-8H2,1,3H3/b9-6+. The summed E-state index contributed by atoms with van der Waals surface area (Å²) in [7, 11) is 1.96. The molecule has 0 aromatic heterocycles. The first-order valence-electron chi connectivity index (χ1n) is 3.81. The summed E-state index contributed by atoms with van der Waals surface area (Å²) in [6, 6.07) is 0. The molecule has 0 aromatic carbocycles. The van der Waals surface area contributed by atoms with Crippen LogP contribution in [-0.4, -0.2) is 13.6 Å². The van der Waals surface area contributed by atoms with Crippen molar-refractivity contribution in [2.75, 3.05) is 13.6 Å². The van der Waals surface area contributed by atoms with Crippen molar-refractivity contribution in [2.24, 2.45) is 0 Å². The molecule has 0 amide bonds. The van der Waals surface area contributed by atoms with Gasteiger partial charge in [-0.15, -0.1) is 0 Å². The van der Waals surface area contributed by atoms with Gasteiger partial charge < -0.3 is 5.32 Å². The first-order chi connectivity index (χ1) is 4.85. The van der Waals surface area contributed by atoms with Crippen LogP contribution in [0.3, 0.4) is 0 Å². The highest BCUT2D eigenvalue weighted by molar-refractivity contribution is 5.15. The molecule has 10 heavy (non-hydrogen) atoms. The van der Waals surface area contributed by atoms with Gasteiger partial charge in [-0.05, 0) is 26.4 Å². The van der Waals surface area contributed by atoms with Crippen LogP contribution in [0.2, 0.25) is 0 Å². The van der Waals surface area contributed by atoms with Gasteiger partial charge in [0.25, 0.3) is 0 Å². The Morgan fingerprint density at radius 1 is 1.60 bits per heavy atom. The van der Waals surface area contributed by atoms with Crippen molar-refractivity contribution >= 4 is 0 Å². The molecule has 0 atom stereocenters. The lowest BCUT2D eigenvalue weighted by Gasteiger charge is -1.99.